The standard InChI is InChI=1S/C16H11Cl2NO/c17-10-5-6-12(14(18)8-10)15-13-7-9-3-1-2-4-11(9)16(13)20-19-15/h1-6,8,13,16H,7H2. The minimum absolute atomic E-state index is 0.0212. The van der Waals surface area contributed by atoms with Gasteiger partial charge in [0.15, 0.2) is 6.10 Å². The summed E-state index contributed by atoms with van der Waals surface area (Å²) in [6.07, 6.45) is 0.964. The normalized spacial score (nSPS) is 23.0. The fourth-order valence-electron chi connectivity index (χ4n) is 3.06. The molecule has 100 valence electrons. The molecule has 2 aliphatic rings. The van der Waals surface area contributed by atoms with Crippen LogP contribution < -0.4 is 0 Å². The van der Waals surface area contributed by atoms with Crippen LogP contribution in [0.5, 0.6) is 0 Å². The number of benzene rings is 2. The van der Waals surface area contributed by atoms with Gasteiger partial charge in [0.1, 0.15) is 0 Å². The van der Waals surface area contributed by atoms with E-state index in [9.17, 15) is 0 Å². The summed E-state index contributed by atoms with van der Waals surface area (Å²) in [5.74, 6) is 0.242. The van der Waals surface area contributed by atoms with Gasteiger partial charge in [-0.1, -0.05) is 58.7 Å². The van der Waals surface area contributed by atoms with Crippen LogP contribution in [0.15, 0.2) is 47.6 Å². The Labute approximate surface area is 127 Å². The molecule has 0 saturated heterocycles. The first-order chi connectivity index (χ1) is 9.74. The van der Waals surface area contributed by atoms with E-state index in [1.54, 1.807) is 6.07 Å². The summed E-state index contributed by atoms with van der Waals surface area (Å²) < 4.78 is 0. The minimum Gasteiger partial charge on any atom is -0.387 e. The summed E-state index contributed by atoms with van der Waals surface area (Å²) >= 11 is 12.2. The summed E-state index contributed by atoms with van der Waals surface area (Å²) in [7, 11) is 0. The molecule has 0 saturated carbocycles. The Morgan fingerprint density at radius 3 is 2.80 bits per heavy atom. The highest BCUT2D eigenvalue weighted by Gasteiger charge is 2.42. The van der Waals surface area contributed by atoms with Gasteiger partial charge in [0.2, 0.25) is 0 Å². The number of halogens is 2. The van der Waals surface area contributed by atoms with Crippen LogP contribution in [-0.2, 0) is 11.3 Å². The highest BCUT2D eigenvalue weighted by atomic mass is 35.5. The lowest BCUT2D eigenvalue weighted by atomic mass is 9.93. The van der Waals surface area contributed by atoms with Crippen molar-refractivity contribution in [2.45, 2.75) is 12.5 Å². The molecule has 0 bridgehead atoms. The Kier molecular flexibility index (Phi) is 2.76. The van der Waals surface area contributed by atoms with E-state index in [1.165, 1.54) is 11.1 Å². The topological polar surface area (TPSA) is 21.6 Å². The number of rotatable bonds is 1. The third kappa shape index (κ3) is 1.75. The second kappa shape index (κ2) is 4.51. The van der Waals surface area contributed by atoms with Crippen molar-refractivity contribution in [3.8, 4) is 0 Å². The Balaban J connectivity index is 1.74. The molecule has 4 rings (SSSR count). The summed E-state index contributed by atoms with van der Waals surface area (Å²) in [4.78, 5) is 5.65. The minimum atomic E-state index is 0.0212. The lowest BCUT2D eigenvalue weighted by molar-refractivity contribution is 0.0697. The predicted molar refractivity (Wildman–Crippen MR) is 80.5 cm³/mol. The van der Waals surface area contributed by atoms with Gasteiger partial charge in [0.25, 0.3) is 0 Å². The van der Waals surface area contributed by atoms with Crippen LogP contribution >= 0.6 is 23.2 Å². The zero-order valence-corrected chi connectivity index (χ0v) is 12.0. The molecule has 2 atom stereocenters. The lowest BCUT2D eigenvalue weighted by Crippen LogP contribution is -2.15. The van der Waals surface area contributed by atoms with Gasteiger partial charge in [-0.05, 0) is 29.7 Å². The van der Waals surface area contributed by atoms with Crippen molar-refractivity contribution in [1.82, 2.24) is 0 Å². The van der Waals surface area contributed by atoms with Crippen molar-refractivity contribution < 1.29 is 4.84 Å². The van der Waals surface area contributed by atoms with Gasteiger partial charge >= 0.3 is 0 Å². The summed E-state index contributed by atoms with van der Waals surface area (Å²) in [6, 6.07) is 13.9. The molecule has 2 aromatic carbocycles. The Hall–Kier alpha value is -1.51. The van der Waals surface area contributed by atoms with Crippen molar-refractivity contribution in [3.63, 3.8) is 0 Å². The fraction of sp³-hybridized carbons (Fsp3) is 0.188. The monoisotopic (exact) mass is 303 g/mol. The summed E-state index contributed by atoms with van der Waals surface area (Å²) in [5, 5.41) is 5.52. The summed E-state index contributed by atoms with van der Waals surface area (Å²) in [5.41, 5.74) is 4.41. The van der Waals surface area contributed by atoms with Gasteiger partial charge in [-0.3, -0.25) is 0 Å². The Bertz CT molecular complexity index is 726. The summed E-state index contributed by atoms with van der Waals surface area (Å²) in [6.45, 7) is 0. The fourth-order valence-corrected chi connectivity index (χ4v) is 3.56. The molecule has 0 N–H and O–H groups in total. The van der Waals surface area contributed by atoms with E-state index in [1.807, 2.05) is 18.2 Å². The Morgan fingerprint density at radius 1 is 1.10 bits per heavy atom. The van der Waals surface area contributed by atoms with Gasteiger partial charge in [-0.25, -0.2) is 0 Å². The third-order valence-corrected chi connectivity index (χ3v) is 4.54. The van der Waals surface area contributed by atoms with E-state index < -0.39 is 0 Å². The molecule has 2 nitrogen and oxygen atoms in total. The molecule has 0 radical (unpaired) electrons. The smallest absolute Gasteiger partial charge is 0.161 e. The molecule has 1 aliphatic carbocycles. The largest absolute Gasteiger partial charge is 0.387 e. The number of hydrogen-bond donors (Lipinski definition) is 0. The van der Waals surface area contributed by atoms with E-state index in [4.69, 9.17) is 28.0 Å². The molecule has 0 aromatic heterocycles. The average Bonchev–Trinajstić information content (AvgIpc) is 2.98. The van der Waals surface area contributed by atoms with E-state index in [2.05, 4.69) is 23.4 Å². The van der Waals surface area contributed by atoms with Crippen LogP contribution in [0, 0.1) is 5.92 Å². The first-order valence-electron chi connectivity index (χ1n) is 6.51. The molecule has 4 heteroatoms. The van der Waals surface area contributed by atoms with E-state index in [-0.39, 0.29) is 12.0 Å². The second-order valence-corrected chi connectivity index (χ2v) is 5.98. The molecular weight excluding hydrogens is 293 g/mol. The molecule has 0 fully saturated rings. The molecule has 1 aliphatic heterocycles. The predicted octanol–water partition coefficient (Wildman–Crippen LogP) is 4.64. The van der Waals surface area contributed by atoms with Crippen LogP contribution in [0.4, 0.5) is 0 Å². The molecule has 2 unspecified atom stereocenters. The van der Waals surface area contributed by atoms with Gasteiger partial charge < -0.3 is 4.84 Å². The zero-order chi connectivity index (χ0) is 13.7. The van der Waals surface area contributed by atoms with Gasteiger partial charge in [0, 0.05) is 10.6 Å². The molecule has 1 heterocycles. The van der Waals surface area contributed by atoms with Crippen molar-refractivity contribution in [3.05, 3.63) is 69.2 Å². The van der Waals surface area contributed by atoms with Crippen LogP contribution in [0.25, 0.3) is 0 Å². The molecule has 0 amide bonds. The van der Waals surface area contributed by atoms with Gasteiger partial charge in [-0.2, -0.15) is 0 Å². The molecule has 20 heavy (non-hydrogen) atoms. The molecule has 2 aromatic rings. The second-order valence-electron chi connectivity index (χ2n) is 5.14. The van der Waals surface area contributed by atoms with Crippen LogP contribution in [0.1, 0.15) is 22.8 Å². The highest BCUT2D eigenvalue weighted by Crippen LogP contribution is 2.45. The number of hydrogen-bond acceptors (Lipinski definition) is 2. The van der Waals surface area contributed by atoms with Crippen molar-refractivity contribution in [2.75, 3.05) is 0 Å². The number of fused-ring (bicyclic) bond motifs is 3. The maximum absolute atomic E-state index is 6.29. The van der Waals surface area contributed by atoms with Crippen LogP contribution in [0.3, 0.4) is 0 Å². The molecular formula is C16H11Cl2NO. The SMILES string of the molecule is Clc1ccc(C2=NOC3c4ccccc4CC23)c(Cl)c1. The lowest BCUT2D eigenvalue weighted by Gasteiger charge is -2.11. The first-order valence-corrected chi connectivity index (χ1v) is 7.26. The maximum atomic E-state index is 6.29. The van der Waals surface area contributed by atoms with Crippen molar-refractivity contribution in [2.24, 2.45) is 11.1 Å². The van der Waals surface area contributed by atoms with Gasteiger partial charge in [-0.15, -0.1) is 0 Å². The number of nitrogens with zero attached hydrogens (tertiary/aromatic N) is 1. The van der Waals surface area contributed by atoms with E-state index in [0.717, 1.165) is 17.7 Å². The quantitative estimate of drug-likeness (QED) is 0.752. The van der Waals surface area contributed by atoms with Crippen LogP contribution in [-0.4, -0.2) is 5.71 Å². The molecule has 0 spiro atoms. The maximum Gasteiger partial charge on any atom is 0.161 e. The highest BCUT2D eigenvalue weighted by molar-refractivity contribution is 6.37. The van der Waals surface area contributed by atoms with E-state index in [0.29, 0.717) is 10.0 Å². The number of oxime groups is 1. The van der Waals surface area contributed by atoms with Crippen molar-refractivity contribution in [1.29, 1.82) is 0 Å². The van der Waals surface area contributed by atoms with Gasteiger partial charge in [0.05, 0.1) is 16.7 Å². The third-order valence-electron chi connectivity index (χ3n) is 3.99. The first kappa shape index (κ1) is 12.2. The van der Waals surface area contributed by atoms with Crippen LogP contribution in [0.2, 0.25) is 10.0 Å². The van der Waals surface area contributed by atoms with Crippen molar-refractivity contribution >= 4 is 28.9 Å². The van der Waals surface area contributed by atoms with E-state index >= 15 is 0 Å². The zero-order valence-electron chi connectivity index (χ0n) is 10.5. The Morgan fingerprint density at radius 2 is 1.95 bits per heavy atom. The average molecular weight is 304 g/mol.